The SMILES string of the molecule is CN(CCCc1ccccc1)CCC(=O)N(C)CCCN. The van der Waals surface area contributed by atoms with Crippen LogP contribution in [0.15, 0.2) is 30.3 Å². The molecule has 118 valence electrons. The maximum absolute atomic E-state index is 11.9. The first kappa shape index (κ1) is 17.7. The smallest absolute Gasteiger partial charge is 0.223 e. The molecule has 0 aromatic heterocycles. The van der Waals surface area contributed by atoms with Crippen LogP contribution in [0.5, 0.6) is 0 Å². The zero-order valence-corrected chi connectivity index (χ0v) is 13.4. The molecule has 0 atom stereocenters. The van der Waals surface area contributed by atoms with Gasteiger partial charge in [-0.05, 0) is 45.0 Å². The lowest BCUT2D eigenvalue weighted by Crippen LogP contribution is -2.32. The molecule has 0 saturated heterocycles. The minimum Gasteiger partial charge on any atom is -0.346 e. The predicted molar refractivity (Wildman–Crippen MR) is 88.2 cm³/mol. The highest BCUT2D eigenvalue weighted by molar-refractivity contribution is 5.76. The van der Waals surface area contributed by atoms with Crippen molar-refractivity contribution in [2.45, 2.75) is 25.7 Å². The van der Waals surface area contributed by atoms with Crippen LogP contribution >= 0.6 is 0 Å². The average molecular weight is 291 g/mol. The number of nitrogens with two attached hydrogens (primary N) is 1. The Kier molecular flexibility index (Phi) is 8.71. The fourth-order valence-electron chi connectivity index (χ4n) is 2.24. The van der Waals surface area contributed by atoms with Crippen LogP contribution in [0.1, 0.15) is 24.8 Å². The summed E-state index contributed by atoms with van der Waals surface area (Å²) in [6, 6.07) is 10.5. The molecule has 1 rings (SSSR count). The fraction of sp³-hybridized carbons (Fsp3) is 0.588. The molecule has 0 aliphatic carbocycles. The summed E-state index contributed by atoms with van der Waals surface area (Å²) in [5.74, 6) is 0.207. The van der Waals surface area contributed by atoms with Crippen molar-refractivity contribution in [2.24, 2.45) is 5.73 Å². The van der Waals surface area contributed by atoms with Gasteiger partial charge in [0.1, 0.15) is 0 Å². The molecular formula is C17H29N3O. The third-order valence-corrected chi connectivity index (χ3v) is 3.68. The summed E-state index contributed by atoms with van der Waals surface area (Å²) in [5, 5.41) is 0. The van der Waals surface area contributed by atoms with Crippen molar-refractivity contribution in [3.8, 4) is 0 Å². The van der Waals surface area contributed by atoms with Crippen LogP contribution in [0.3, 0.4) is 0 Å². The molecule has 1 amide bonds. The van der Waals surface area contributed by atoms with E-state index in [4.69, 9.17) is 5.73 Å². The van der Waals surface area contributed by atoms with Crippen LogP contribution in [0.4, 0.5) is 0 Å². The third kappa shape index (κ3) is 7.83. The first-order valence-corrected chi connectivity index (χ1v) is 7.80. The Labute approximate surface area is 128 Å². The van der Waals surface area contributed by atoms with Gasteiger partial charge >= 0.3 is 0 Å². The molecule has 0 spiro atoms. The van der Waals surface area contributed by atoms with Gasteiger partial charge in [0.05, 0.1) is 0 Å². The van der Waals surface area contributed by atoms with Crippen LogP contribution in [-0.2, 0) is 11.2 Å². The van der Waals surface area contributed by atoms with Crippen LogP contribution in [-0.4, -0.2) is 56.0 Å². The lowest BCUT2D eigenvalue weighted by molar-refractivity contribution is -0.130. The summed E-state index contributed by atoms with van der Waals surface area (Å²) in [5.41, 5.74) is 6.83. The number of amides is 1. The molecule has 0 saturated carbocycles. The number of benzene rings is 1. The van der Waals surface area contributed by atoms with E-state index in [0.29, 0.717) is 13.0 Å². The van der Waals surface area contributed by atoms with Gasteiger partial charge in [-0.1, -0.05) is 30.3 Å². The number of hydrogen-bond acceptors (Lipinski definition) is 3. The van der Waals surface area contributed by atoms with Gasteiger partial charge in [-0.25, -0.2) is 0 Å². The molecule has 0 radical (unpaired) electrons. The van der Waals surface area contributed by atoms with E-state index >= 15 is 0 Å². The second kappa shape index (κ2) is 10.4. The van der Waals surface area contributed by atoms with Gasteiger partial charge in [-0.15, -0.1) is 0 Å². The molecule has 2 N–H and O–H groups in total. The average Bonchev–Trinajstić information content (AvgIpc) is 2.51. The Morgan fingerprint density at radius 1 is 1.05 bits per heavy atom. The van der Waals surface area contributed by atoms with Gasteiger partial charge in [0.2, 0.25) is 5.91 Å². The highest BCUT2D eigenvalue weighted by Gasteiger charge is 2.09. The summed E-state index contributed by atoms with van der Waals surface area (Å²) in [6.45, 7) is 3.24. The molecule has 0 unspecified atom stereocenters. The topological polar surface area (TPSA) is 49.6 Å². The Balaban J connectivity index is 2.13. The quantitative estimate of drug-likeness (QED) is 0.714. The fourth-order valence-corrected chi connectivity index (χ4v) is 2.24. The van der Waals surface area contributed by atoms with Crippen LogP contribution < -0.4 is 5.73 Å². The van der Waals surface area contributed by atoms with Gasteiger partial charge in [-0.2, -0.15) is 0 Å². The normalized spacial score (nSPS) is 10.9. The summed E-state index contributed by atoms with van der Waals surface area (Å²) >= 11 is 0. The molecule has 1 aromatic carbocycles. The van der Waals surface area contributed by atoms with E-state index in [9.17, 15) is 4.79 Å². The molecule has 0 aliphatic rings. The Morgan fingerprint density at radius 2 is 1.76 bits per heavy atom. The number of hydrogen-bond donors (Lipinski definition) is 1. The maximum Gasteiger partial charge on any atom is 0.223 e. The molecule has 0 bridgehead atoms. The second-order valence-electron chi connectivity index (χ2n) is 5.60. The minimum atomic E-state index is 0.207. The lowest BCUT2D eigenvalue weighted by atomic mass is 10.1. The van der Waals surface area contributed by atoms with Gasteiger partial charge < -0.3 is 15.5 Å². The van der Waals surface area contributed by atoms with E-state index < -0.39 is 0 Å². The monoisotopic (exact) mass is 291 g/mol. The number of rotatable bonds is 10. The van der Waals surface area contributed by atoms with E-state index in [0.717, 1.165) is 38.9 Å². The van der Waals surface area contributed by atoms with Gasteiger partial charge in [0.25, 0.3) is 0 Å². The number of carbonyl (C=O) groups excluding carboxylic acids is 1. The van der Waals surface area contributed by atoms with Gasteiger partial charge in [0.15, 0.2) is 0 Å². The van der Waals surface area contributed by atoms with Crippen LogP contribution in [0.2, 0.25) is 0 Å². The first-order chi connectivity index (χ1) is 10.1. The molecule has 0 fully saturated rings. The molecule has 0 heterocycles. The van der Waals surface area contributed by atoms with Crippen molar-refractivity contribution in [1.82, 2.24) is 9.80 Å². The van der Waals surface area contributed by atoms with Crippen molar-refractivity contribution in [3.05, 3.63) is 35.9 Å². The zero-order valence-electron chi connectivity index (χ0n) is 13.4. The summed E-state index contributed by atoms with van der Waals surface area (Å²) in [7, 11) is 3.94. The van der Waals surface area contributed by atoms with E-state index in [1.165, 1.54) is 5.56 Å². The maximum atomic E-state index is 11.9. The minimum absolute atomic E-state index is 0.207. The second-order valence-corrected chi connectivity index (χ2v) is 5.60. The molecule has 21 heavy (non-hydrogen) atoms. The summed E-state index contributed by atoms with van der Waals surface area (Å²) in [4.78, 5) is 15.9. The number of carbonyl (C=O) groups is 1. The summed E-state index contributed by atoms with van der Waals surface area (Å²) in [6.07, 6.45) is 3.67. The zero-order chi connectivity index (χ0) is 15.5. The predicted octanol–water partition coefficient (Wildman–Crippen LogP) is 1.75. The Bertz CT molecular complexity index is 394. The molecule has 1 aromatic rings. The van der Waals surface area contributed by atoms with Crippen molar-refractivity contribution in [3.63, 3.8) is 0 Å². The molecular weight excluding hydrogens is 262 g/mol. The number of aryl methyl sites for hydroxylation is 1. The largest absolute Gasteiger partial charge is 0.346 e. The Morgan fingerprint density at radius 3 is 2.43 bits per heavy atom. The lowest BCUT2D eigenvalue weighted by Gasteiger charge is -2.20. The van der Waals surface area contributed by atoms with Crippen molar-refractivity contribution in [2.75, 3.05) is 40.3 Å². The van der Waals surface area contributed by atoms with Crippen LogP contribution in [0, 0.1) is 0 Å². The number of nitrogens with zero attached hydrogens (tertiary/aromatic N) is 2. The van der Waals surface area contributed by atoms with Crippen molar-refractivity contribution >= 4 is 5.91 Å². The highest BCUT2D eigenvalue weighted by atomic mass is 16.2. The molecule has 0 aliphatic heterocycles. The summed E-state index contributed by atoms with van der Waals surface area (Å²) < 4.78 is 0. The van der Waals surface area contributed by atoms with E-state index in [1.807, 2.05) is 13.1 Å². The van der Waals surface area contributed by atoms with Crippen molar-refractivity contribution in [1.29, 1.82) is 0 Å². The molecule has 4 nitrogen and oxygen atoms in total. The molecule has 4 heteroatoms. The van der Waals surface area contributed by atoms with Crippen molar-refractivity contribution < 1.29 is 4.79 Å². The van der Waals surface area contributed by atoms with Gasteiger partial charge in [0, 0.05) is 26.6 Å². The van der Waals surface area contributed by atoms with E-state index in [-0.39, 0.29) is 5.91 Å². The van der Waals surface area contributed by atoms with E-state index in [2.05, 4.69) is 36.2 Å². The van der Waals surface area contributed by atoms with Crippen LogP contribution in [0.25, 0.3) is 0 Å². The first-order valence-electron chi connectivity index (χ1n) is 7.80. The van der Waals surface area contributed by atoms with E-state index in [1.54, 1.807) is 4.90 Å². The highest BCUT2D eigenvalue weighted by Crippen LogP contribution is 2.03. The Hall–Kier alpha value is -1.39. The third-order valence-electron chi connectivity index (χ3n) is 3.68. The van der Waals surface area contributed by atoms with Gasteiger partial charge in [-0.3, -0.25) is 4.79 Å². The standard InChI is InChI=1S/C17H29N3O/c1-19(13-6-10-16-8-4-3-5-9-16)15-11-17(21)20(2)14-7-12-18/h3-5,8-9H,6-7,10-15,18H2,1-2H3.